The lowest BCUT2D eigenvalue weighted by Gasteiger charge is -2.06. The number of thioether (sulfide) groups is 1. The summed E-state index contributed by atoms with van der Waals surface area (Å²) in [5, 5.41) is 12.1. The number of pyridine rings is 1. The average molecular weight is 274 g/mol. The van der Waals surface area contributed by atoms with Gasteiger partial charge < -0.3 is 10.4 Å². The Hall–Kier alpha value is -2.01. The van der Waals surface area contributed by atoms with Gasteiger partial charge in [0.2, 0.25) is 0 Å². The minimum absolute atomic E-state index is 0.0464. The summed E-state index contributed by atoms with van der Waals surface area (Å²) in [5.74, 6) is 0.753. The number of hydrogen-bond acceptors (Lipinski definition) is 4. The van der Waals surface area contributed by atoms with Crippen LogP contribution in [-0.4, -0.2) is 22.3 Å². The average Bonchev–Trinajstić information content (AvgIpc) is 2.42. The van der Waals surface area contributed by atoms with Crippen LogP contribution < -0.4 is 5.32 Å². The molecule has 2 N–H and O–H groups in total. The van der Waals surface area contributed by atoms with E-state index in [1.807, 2.05) is 18.4 Å². The summed E-state index contributed by atoms with van der Waals surface area (Å²) in [5.41, 5.74) is 1.71. The highest BCUT2D eigenvalue weighted by Gasteiger charge is 2.09. The number of benzene rings is 1. The van der Waals surface area contributed by atoms with Crippen molar-refractivity contribution in [2.45, 2.75) is 5.75 Å². The maximum absolute atomic E-state index is 12.0. The molecule has 2 rings (SSSR count). The number of carbonyl (C=O) groups is 1. The van der Waals surface area contributed by atoms with Crippen molar-refractivity contribution in [1.82, 2.24) is 4.98 Å². The largest absolute Gasteiger partial charge is 0.504 e. The SMILES string of the molecule is CSCc1ccc(C(=O)Nc2ncccc2O)cc1. The summed E-state index contributed by atoms with van der Waals surface area (Å²) in [6.45, 7) is 0. The molecule has 0 unspecified atom stereocenters. The fourth-order valence-corrected chi connectivity index (χ4v) is 2.12. The Morgan fingerprint density at radius 2 is 2.05 bits per heavy atom. The Kier molecular flexibility index (Phi) is 4.41. The Bertz CT molecular complexity index is 570. The first-order valence-electron chi connectivity index (χ1n) is 5.74. The molecule has 0 aliphatic heterocycles. The first-order chi connectivity index (χ1) is 9.20. The minimum Gasteiger partial charge on any atom is -0.504 e. The third-order valence-electron chi connectivity index (χ3n) is 2.55. The van der Waals surface area contributed by atoms with Crippen molar-refractivity contribution in [3.8, 4) is 5.75 Å². The highest BCUT2D eigenvalue weighted by Crippen LogP contribution is 2.19. The van der Waals surface area contributed by atoms with Crippen molar-refractivity contribution < 1.29 is 9.90 Å². The maximum Gasteiger partial charge on any atom is 0.256 e. The van der Waals surface area contributed by atoms with E-state index < -0.39 is 0 Å². The molecular weight excluding hydrogens is 260 g/mol. The Morgan fingerprint density at radius 1 is 1.32 bits per heavy atom. The second-order valence-corrected chi connectivity index (χ2v) is 4.82. The number of amides is 1. The van der Waals surface area contributed by atoms with Crippen molar-refractivity contribution in [1.29, 1.82) is 0 Å². The number of rotatable bonds is 4. The molecule has 0 bridgehead atoms. The van der Waals surface area contributed by atoms with E-state index in [0.717, 1.165) is 5.75 Å². The zero-order chi connectivity index (χ0) is 13.7. The number of anilines is 1. The predicted octanol–water partition coefficient (Wildman–Crippen LogP) is 2.90. The van der Waals surface area contributed by atoms with Crippen LogP contribution in [0.2, 0.25) is 0 Å². The van der Waals surface area contributed by atoms with E-state index in [2.05, 4.69) is 10.3 Å². The summed E-state index contributed by atoms with van der Waals surface area (Å²) in [6.07, 6.45) is 3.54. The van der Waals surface area contributed by atoms with Crippen molar-refractivity contribution in [2.24, 2.45) is 0 Å². The smallest absolute Gasteiger partial charge is 0.256 e. The highest BCUT2D eigenvalue weighted by atomic mass is 32.2. The molecule has 0 radical (unpaired) electrons. The topological polar surface area (TPSA) is 62.2 Å². The van der Waals surface area contributed by atoms with E-state index in [9.17, 15) is 9.90 Å². The van der Waals surface area contributed by atoms with Gasteiger partial charge in [-0.2, -0.15) is 11.8 Å². The van der Waals surface area contributed by atoms with Crippen LogP contribution in [0.1, 0.15) is 15.9 Å². The molecule has 1 aromatic heterocycles. The number of carbonyl (C=O) groups excluding carboxylic acids is 1. The van der Waals surface area contributed by atoms with Crippen LogP contribution >= 0.6 is 11.8 Å². The number of aromatic hydroxyl groups is 1. The Labute approximate surface area is 115 Å². The van der Waals surface area contributed by atoms with Gasteiger partial charge in [0.25, 0.3) is 5.91 Å². The van der Waals surface area contributed by atoms with Gasteiger partial charge in [-0.3, -0.25) is 4.79 Å². The van der Waals surface area contributed by atoms with Crippen LogP contribution in [0.25, 0.3) is 0 Å². The quantitative estimate of drug-likeness (QED) is 0.900. The van der Waals surface area contributed by atoms with Crippen LogP contribution in [0.5, 0.6) is 5.75 Å². The van der Waals surface area contributed by atoms with Gasteiger partial charge in [-0.1, -0.05) is 12.1 Å². The molecule has 0 saturated heterocycles. The highest BCUT2D eigenvalue weighted by molar-refractivity contribution is 7.97. The van der Waals surface area contributed by atoms with E-state index in [0.29, 0.717) is 5.56 Å². The summed E-state index contributed by atoms with van der Waals surface area (Å²) in [6, 6.07) is 10.4. The third-order valence-corrected chi connectivity index (χ3v) is 3.17. The van der Waals surface area contributed by atoms with Crippen molar-refractivity contribution in [2.75, 3.05) is 11.6 Å². The molecular formula is C14H14N2O2S. The number of nitrogens with zero attached hydrogens (tertiary/aromatic N) is 1. The summed E-state index contributed by atoms with van der Waals surface area (Å²) >= 11 is 1.73. The molecule has 4 nitrogen and oxygen atoms in total. The summed E-state index contributed by atoms with van der Waals surface area (Å²) in [7, 11) is 0. The standard InChI is InChI=1S/C14H14N2O2S/c1-19-9-10-4-6-11(7-5-10)14(18)16-13-12(17)3-2-8-15-13/h2-8,17H,9H2,1H3,(H,15,16,18). The number of hydrogen-bond donors (Lipinski definition) is 2. The van der Waals surface area contributed by atoms with E-state index in [1.54, 1.807) is 30.0 Å². The fraction of sp³-hybridized carbons (Fsp3) is 0.143. The van der Waals surface area contributed by atoms with Gasteiger partial charge in [0.05, 0.1) is 0 Å². The van der Waals surface area contributed by atoms with Crippen molar-refractivity contribution in [3.05, 3.63) is 53.7 Å². The van der Waals surface area contributed by atoms with Gasteiger partial charge in [0.15, 0.2) is 11.6 Å². The first kappa shape index (κ1) is 13.4. The van der Waals surface area contributed by atoms with Crippen LogP contribution in [0.15, 0.2) is 42.6 Å². The normalized spacial score (nSPS) is 10.2. The second-order valence-electron chi connectivity index (χ2n) is 3.96. The van der Waals surface area contributed by atoms with Gasteiger partial charge in [-0.15, -0.1) is 0 Å². The fourth-order valence-electron chi connectivity index (χ4n) is 1.59. The molecule has 1 aromatic carbocycles. The molecule has 0 atom stereocenters. The molecule has 0 spiro atoms. The molecule has 1 heterocycles. The lowest BCUT2D eigenvalue weighted by molar-refractivity contribution is 0.102. The van der Waals surface area contributed by atoms with Gasteiger partial charge in [0.1, 0.15) is 0 Å². The molecule has 0 saturated carbocycles. The van der Waals surface area contributed by atoms with E-state index >= 15 is 0 Å². The van der Waals surface area contributed by atoms with E-state index in [-0.39, 0.29) is 17.5 Å². The van der Waals surface area contributed by atoms with Gasteiger partial charge in [-0.05, 0) is 36.1 Å². The van der Waals surface area contributed by atoms with Crippen molar-refractivity contribution >= 4 is 23.5 Å². The summed E-state index contributed by atoms with van der Waals surface area (Å²) < 4.78 is 0. The zero-order valence-electron chi connectivity index (χ0n) is 10.5. The van der Waals surface area contributed by atoms with Gasteiger partial charge in [0, 0.05) is 17.5 Å². The monoisotopic (exact) mass is 274 g/mol. The molecule has 5 heteroatoms. The van der Waals surface area contributed by atoms with E-state index in [1.165, 1.54) is 17.8 Å². The third kappa shape index (κ3) is 3.48. The molecule has 1 amide bonds. The Balaban J connectivity index is 2.10. The number of aromatic nitrogens is 1. The lowest BCUT2D eigenvalue weighted by Crippen LogP contribution is -2.12. The molecule has 0 fully saturated rings. The van der Waals surface area contributed by atoms with Crippen LogP contribution in [0, 0.1) is 0 Å². The molecule has 2 aromatic rings. The van der Waals surface area contributed by atoms with Crippen molar-refractivity contribution in [3.63, 3.8) is 0 Å². The molecule has 19 heavy (non-hydrogen) atoms. The van der Waals surface area contributed by atoms with Gasteiger partial charge >= 0.3 is 0 Å². The zero-order valence-corrected chi connectivity index (χ0v) is 11.3. The lowest BCUT2D eigenvalue weighted by atomic mass is 10.1. The summed E-state index contributed by atoms with van der Waals surface area (Å²) in [4.78, 5) is 15.9. The predicted molar refractivity (Wildman–Crippen MR) is 77.5 cm³/mol. The van der Waals surface area contributed by atoms with Gasteiger partial charge in [-0.25, -0.2) is 4.98 Å². The maximum atomic E-state index is 12.0. The van der Waals surface area contributed by atoms with Crippen LogP contribution in [-0.2, 0) is 5.75 Å². The molecule has 0 aliphatic rings. The van der Waals surface area contributed by atoms with E-state index in [4.69, 9.17) is 0 Å². The molecule has 98 valence electrons. The minimum atomic E-state index is -0.287. The first-order valence-corrected chi connectivity index (χ1v) is 7.13. The molecule has 0 aliphatic carbocycles. The van der Waals surface area contributed by atoms with Crippen LogP contribution in [0.3, 0.4) is 0 Å². The number of nitrogens with one attached hydrogen (secondary N) is 1. The second kappa shape index (κ2) is 6.24. The Morgan fingerprint density at radius 3 is 2.68 bits per heavy atom. The van der Waals surface area contributed by atoms with Crippen LogP contribution in [0.4, 0.5) is 5.82 Å².